The molecule has 0 saturated carbocycles. The van der Waals surface area contributed by atoms with E-state index in [0.29, 0.717) is 0 Å². The van der Waals surface area contributed by atoms with Crippen LogP contribution < -0.4 is 0 Å². The van der Waals surface area contributed by atoms with Gasteiger partial charge in [0.05, 0.1) is 0 Å². The molecule has 2 unspecified atom stereocenters. The third-order valence-electron chi connectivity index (χ3n) is 0.852. The van der Waals surface area contributed by atoms with Crippen molar-refractivity contribution in [3.63, 3.8) is 0 Å². The van der Waals surface area contributed by atoms with E-state index in [1.807, 2.05) is 0 Å². The van der Waals surface area contributed by atoms with E-state index in [0.717, 1.165) is 5.75 Å². The molecule has 0 amide bonds. The molecule has 1 aliphatic rings. The standard InChI is InChI=1S/C4H5IO3S/c5-2-1-9-4(8-2)3(6)7/h2,4H,1H2,(H,6,7). The molecule has 9 heavy (non-hydrogen) atoms. The zero-order chi connectivity index (χ0) is 6.85. The van der Waals surface area contributed by atoms with Crippen LogP contribution in [0.5, 0.6) is 0 Å². The number of carboxylic acid groups (broad SMARTS) is 1. The van der Waals surface area contributed by atoms with Crippen molar-refractivity contribution in [2.75, 3.05) is 5.75 Å². The quantitative estimate of drug-likeness (QED) is 0.562. The highest BCUT2D eigenvalue weighted by Gasteiger charge is 2.29. The fourth-order valence-corrected chi connectivity index (χ4v) is 2.38. The molecule has 5 heteroatoms. The zero-order valence-electron chi connectivity index (χ0n) is 4.41. The molecule has 0 aromatic carbocycles. The summed E-state index contributed by atoms with van der Waals surface area (Å²) in [5.74, 6) is -0.100. The van der Waals surface area contributed by atoms with Gasteiger partial charge in [0.1, 0.15) is 4.11 Å². The van der Waals surface area contributed by atoms with Gasteiger partial charge < -0.3 is 9.84 Å². The Balaban J connectivity index is 2.39. The summed E-state index contributed by atoms with van der Waals surface area (Å²) in [5, 5.41) is 8.38. The summed E-state index contributed by atoms with van der Waals surface area (Å²) >= 11 is 3.40. The van der Waals surface area contributed by atoms with Gasteiger partial charge in [-0.15, -0.1) is 11.8 Å². The van der Waals surface area contributed by atoms with Crippen LogP contribution in [0.4, 0.5) is 0 Å². The largest absolute Gasteiger partial charge is 0.479 e. The second-order valence-electron chi connectivity index (χ2n) is 1.55. The van der Waals surface area contributed by atoms with Crippen LogP contribution in [0.25, 0.3) is 0 Å². The first-order valence-corrected chi connectivity index (χ1v) is 4.63. The average molecular weight is 260 g/mol. The Labute approximate surface area is 70.3 Å². The number of halogens is 1. The summed E-state index contributed by atoms with van der Waals surface area (Å²) in [5.41, 5.74) is -0.633. The number of alkyl halides is 1. The molecule has 1 heterocycles. The van der Waals surface area contributed by atoms with E-state index >= 15 is 0 Å². The second-order valence-corrected chi connectivity index (χ2v) is 4.03. The Morgan fingerprint density at radius 2 is 2.56 bits per heavy atom. The van der Waals surface area contributed by atoms with Gasteiger partial charge >= 0.3 is 5.97 Å². The molecule has 1 aliphatic heterocycles. The van der Waals surface area contributed by atoms with Gasteiger partial charge in [0.25, 0.3) is 0 Å². The highest BCUT2D eigenvalue weighted by atomic mass is 127. The Morgan fingerprint density at radius 3 is 2.78 bits per heavy atom. The van der Waals surface area contributed by atoms with Crippen LogP contribution in [-0.2, 0) is 9.53 Å². The summed E-state index contributed by atoms with van der Waals surface area (Å²) in [7, 11) is 0. The molecular formula is C4H5IO3S. The highest BCUT2D eigenvalue weighted by molar-refractivity contribution is 14.1. The van der Waals surface area contributed by atoms with E-state index in [1.54, 1.807) is 0 Å². The molecule has 0 aromatic heterocycles. The average Bonchev–Trinajstić information content (AvgIpc) is 2.14. The minimum Gasteiger partial charge on any atom is -0.479 e. The van der Waals surface area contributed by atoms with Crippen molar-refractivity contribution in [1.82, 2.24) is 0 Å². The molecule has 0 spiro atoms. The van der Waals surface area contributed by atoms with Gasteiger partial charge in [-0.2, -0.15) is 0 Å². The Kier molecular flexibility index (Phi) is 2.59. The first-order valence-electron chi connectivity index (χ1n) is 2.34. The van der Waals surface area contributed by atoms with E-state index in [9.17, 15) is 4.79 Å². The van der Waals surface area contributed by atoms with Crippen molar-refractivity contribution in [3.05, 3.63) is 0 Å². The van der Waals surface area contributed by atoms with Gasteiger partial charge in [0.15, 0.2) is 0 Å². The number of aliphatic carboxylic acids is 1. The Bertz CT molecular complexity index is 129. The number of hydrogen-bond acceptors (Lipinski definition) is 3. The van der Waals surface area contributed by atoms with E-state index < -0.39 is 11.4 Å². The summed E-state index contributed by atoms with van der Waals surface area (Å²) in [6.45, 7) is 0. The minimum absolute atomic E-state index is 0.0636. The number of rotatable bonds is 1. The molecule has 0 radical (unpaired) electrons. The Morgan fingerprint density at radius 1 is 1.89 bits per heavy atom. The van der Waals surface area contributed by atoms with E-state index in [1.165, 1.54) is 11.8 Å². The number of carbonyl (C=O) groups is 1. The van der Waals surface area contributed by atoms with Gasteiger partial charge in [0.2, 0.25) is 5.44 Å². The second kappa shape index (κ2) is 3.07. The van der Waals surface area contributed by atoms with E-state index in [-0.39, 0.29) is 4.11 Å². The highest BCUT2D eigenvalue weighted by Crippen LogP contribution is 2.28. The summed E-state index contributed by atoms with van der Waals surface area (Å²) in [6.07, 6.45) is 0. The number of thioether (sulfide) groups is 1. The van der Waals surface area contributed by atoms with Crippen LogP contribution in [-0.4, -0.2) is 26.4 Å². The third-order valence-corrected chi connectivity index (χ3v) is 3.29. The van der Waals surface area contributed by atoms with Crippen molar-refractivity contribution < 1.29 is 14.6 Å². The summed E-state index contributed by atoms with van der Waals surface area (Å²) < 4.78 is 5.04. The maximum absolute atomic E-state index is 10.2. The van der Waals surface area contributed by atoms with Crippen LogP contribution in [0.1, 0.15) is 0 Å². The lowest BCUT2D eigenvalue weighted by molar-refractivity contribution is -0.143. The molecule has 1 N–H and O–H groups in total. The third kappa shape index (κ3) is 1.98. The molecular weight excluding hydrogens is 255 g/mol. The normalized spacial score (nSPS) is 34.8. The summed E-state index contributed by atoms with van der Waals surface area (Å²) in [6, 6.07) is 0. The molecule has 1 fully saturated rings. The maximum atomic E-state index is 10.2. The topological polar surface area (TPSA) is 46.5 Å². The first-order chi connectivity index (χ1) is 4.20. The summed E-state index contributed by atoms with van der Waals surface area (Å²) in [4.78, 5) is 10.2. The molecule has 0 aliphatic carbocycles. The fraction of sp³-hybridized carbons (Fsp3) is 0.750. The molecule has 3 nitrogen and oxygen atoms in total. The number of carboxylic acids is 1. The van der Waals surface area contributed by atoms with Crippen molar-refractivity contribution in [1.29, 1.82) is 0 Å². The molecule has 2 atom stereocenters. The van der Waals surface area contributed by atoms with Gasteiger partial charge in [-0.05, 0) is 0 Å². The van der Waals surface area contributed by atoms with Crippen molar-refractivity contribution >= 4 is 40.3 Å². The predicted octanol–water partition coefficient (Wildman–Crippen LogP) is 0.922. The van der Waals surface area contributed by atoms with Crippen molar-refractivity contribution in [2.24, 2.45) is 0 Å². The Hall–Kier alpha value is 0.510. The molecule has 0 bridgehead atoms. The van der Waals surface area contributed by atoms with E-state index in [2.05, 4.69) is 22.6 Å². The monoisotopic (exact) mass is 260 g/mol. The number of hydrogen-bond donors (Lipinski definition) is 1. The van der Waals surface area contributed by atoms with Crippen LogP contribution >= 0.6 is 34.4 Å². The van der Waals surface area contributed by atoms with Crippen molar-refractivity contribution in [2.45, 2.75) is 9.55 Å². The first kappa shape index (κ1) is 7.62. The number of ether oxygens (including phenoxy) is 1. The van der Waals surface area contributed by atoms with Gasteiger partial charge in [0, 0.05) is 5.75 Å². The zero-order valence-corrected chi connectivity index (χ0v) is 7.39. The lowest BCUT2D eigenvalue weighted by Crippen LogP contribution is -2.16. The lowest BCUT2D eigenvalue weighted by Gasteiger charge is -2.00. The molecule has 1 rings (SSSR count). The smallest absolute Gasteiger partial charge is 0.343 e. The van der Waals surface area contributed by atoms with Gasteiger partial charge in [-0.3, -0.25) is 0 Å². The van der Waals surface area contributed by atoms with E-state index in [4.69, 9.17) is 9.84 Å². The van der Waals surface area contributed by atoms with Crippen LogP contribution in [0.2, 0.25) is 0 Å². The van der Waals surface area contributed by atoms with Crippen LogP contribution in [0.15, 0.2) is 0 Å². The maximum Gasteiger partial charge on any atom is 0.343 e. The van der Waals surface area contributed by atoms with Crippen LogP contribution in [0.3, 0.4) is 0 Å². The van der Waals surface area contributed by atoms with Gasteiger partial charge in [-0.25, -0.2) is 4.79 Å². The predicted molar refractivity (Wildman–Crippen MR) is 42.8 cm³/mol. The molecule has 0 aromatic rings. The van der Waals surface area contributed by atoms with Crippen molar-refractivity contribution in [3.8, 4) is 0 Å². The van der Waals surface area contributed by atoms with Crippen LogP contribution in [0, 0.1) is 0 Å². The fourth-order valence-electron chi connectivity index (χ4n) is 0.505. The molecule has 52 valence electrons. The SMILES string of the molecule is O=C(O)C1OC(I)CS1. The molecule has 1 saturated heterocycles. The van der Waals surface area contributed by atoms with Gasteiger partial charge in [-0.1, -0.05) is 22.6 Å². The lowest BCUT2D eigenvalue weighted by atomic mass is 10.7. The minimum atomic E-state index is -0.876.